The minimum absolute atomic E-state index is 0.0703. The van der Waals surface area contributed by atoms with Crippen LogP contribution in [0.15, 0.2) is 41.4 Å². The molecule has 11 nitrogen and oxygen atoms in total. The Hall–Kier alpha value is -4.20. The molecule has 5 rings (SSSR count). The number of aliphatic hydroxyl groups is 1. The van der Waals surface area contributed by atoms with Gasteiger partial charge >= 0.3 is 12.2 Å². The normalized spacial score (nSPS) is 15.1. The van der Waals surface area contributed by atoms with E-state index in [1.54, 1.807) is 36.7 Å². The molecule has 5 N–H and O–H groups in total. The van der Waals surface area contributed by atoms with Gasteiger partial charge in [0.05, 0.1) is 17.5 Å². The molecule has 0 aromatic carbocycles. The first-order chi connectivity index (χ1) is 17.4. The van der Waals surface area contributed by atoms with Crippen LogP contribution >= 0.6 is 0 Å². The Bertz CT molecular complexity index is 1470. The van der Waals surface area contributed by atoms with Crippen LogP contribution in [0.1, 0.15) is 32.4 Å². The van der Waals surface area contributed by atoms with Crippen LogP contribution in [0, 0.1) is 0 Å². The van der Waals surface area contributed by atoms with Crippen LogP contribution < -0.4 is 16.4 Å². The summed E-state index contributed by atoms with van der Waals surface area (Å²) in [4.78, 5) is 24.9. The minimum atomic E-state index is -4.44. The third-order valence-corrected chi connectivity index (χ3v) is 6.09. The average Bonchev–Trinajstić information content (AvgIpc) is 3.38. The Kier molecular flexibility index (Phi) is 5.58. The Morgan fingerprint density at radius 2 is 1.97 bits per heavy atom. The zero-order valence-corrected chi connectivity index (χ0v) is 19.8. The Morgan fingerprint density at radius 1 is 1.22 bits per heavy atom. The summed E-state index contributed by atoms with van der Waals surface area (Å²) in [5.41, 5.74) is 4.74. The maximum absolute atomic E-state index is 13.3. The number of hydrogen-bond acceptors (Lipinski definition) is 8. The number of halogens is 3. The first-order valence-electron chi connectivity index (χ1n) is 11.3. The number of aromatic nitrogens is 5. The van der Waals surface area contributed by atoms with Gasteiger partial charge in [-0.3, -0.25) is 10.6 Å². The fourth-order valence-electron chi connectivity index (χ4n) is 4.16. The summed E-state index contributed by atoms with van der Waals surface area (Å²) >= 11 is 0. The predicted molar refractivity (Wildman–Crippen MR) is 128 cm³/mol. The molecule has 0 radical (unpaired) electrons. The van der Waals surface area contributed by atoms with Crippen LogP contribution in [0.5, 0.6) is 0 Å². The van der Waals surface area contributed by atoms with E-state index < -0.39 is 23.2 Å². The Morgan fingerprint density at radius 3 is 2.59 bits per heavy atom. The lowest BCUT2D eigenvalue weighted by Crippen LogP contribution is -2.28. The number of carbonyl (C=O) groups is 1. The molecule has 0 saturated heterocycles. The van der Waals surface area contributed by atoms with E-state index in [1.807, 2.05) is 0 Å². The quantitative estimate of drug-likeness (QED) is 0.299. The summed E-state index contributed by atoms with van der Waals surface area (Å²) in [6.07, 6.45) is 0.0691. The molecule has 4 aromatic heterocycles. The van der Waals surface area contributed by atoms with Gasteiger partial charge in [0, 0.05) is 29.6 Å². The van der Waals surface area contributed by atoms with Gasteiger partial charge in [-0.15, -0.1) is 0 Å². The van der Waals surface area contributed by atoms with Crippen molar-refractivity contribution in [2.45, 2.75) is 50.4 Å². The van der Waals surface area contributed by atoms with Crippen molar-refractivity contribution in [1.29, 1.82) is 0 Å². The van der Waals surface area contributed by atoms with Crippen molar-refractivity contribution in [2.24, 2.45) is 0 Å². The fourth-order valence-corrected chi connectivity index (χ4v) is 4.16. The second-order valence-corrected chi connectivity index (χ2v) is 9.61. The monoisotopic (exact) mass is 516 g/mol. The third-order valence-electron chi connectivity index (χ3n) is 6.09. The maximum atomic E-state index is 13.3. The van der Waals surface area contributed by atoms with Crippen LogP contribution in [0.4, 0.5) is 35.5 Å². The van der Waals surface area contributed by atoms with Crippen molar-refractivity contribution < 1.29 is 27.6 Å². The predicted octanol–water partition coefficient (Wildman–Crippen LogP) is 4.07. The molecule has 0 bridgehead atoms. The molecule has 2 amide bonds. The van der Waals surface area contributed by atoms with Gasteiger partial charge in [-0.1, -0.05) is 5.16 Å². The van der Waals surface area contributed by atoms with Crippen LogP contribution in [0.2, 0.25) is 0 Å². The topological polar surface area (TPSA) is 157 Å². The second-order valence-electron chi connectivity index (χ2n) is 9.61. The molecule has 14 heteroatoms. The van der Waals surface area contributed by atoms with E-state index in [1.165, 1.54) is 12.5 Å². The minimum Gasteiger partial charge on any atom is -0.389 e. The number of nitrogens with one attached hydrogen (secondary N) is 2. The first-order valence-corrected chi connectivity index (χ1v) is 11.3. The van der Waals surface area contributed by atoms with Crippen LogP contribution in [-0.2, 0) is 12.0 Å². The molecule has 1 saturated carbocycles. The van der Waals surface area contributed by atoms with Gasteiger partial charge in [0.1, 0.15) is 34.7 Å². The number of fused-ring (bicyclic) bond motifs is 1. The van der Waals surface area contributed by atoms with Gasteiger partial charge in [0.2, 0.25) is 5.88 Å². The van der Waals surface area contributed by atoms with Crippen molar-refractivity contribution in [3.05, 3.63) is 42.6 Å². The molecule has 1 aliphatic rings. The van der Waals surface area contributed by atoms with Gasteiger partial charge < -0.3 is 19.9 Å². The molecule has 0 spiro atoms. The molecule has 1 fully saturated rings. The zero-order chi connectivity index (χ0) is 26.6. The van der Waals surface area contributed by atoms with Crippen LogP contribution in [0.25, 0.3) is 22.2 Å². The van der Waals surface area contributed by atoms with Crippen LogP contribution in [0.3, 0.4) is 0 Å². The number of alkyl halides is 3. The highest BCUT2D eigenvalue weighted by Gasteiger charge is 2.66. The van der Waals surface area contributed by atoms with Gasteiger partial charge in [-0.05, 0) is 38.8 Å². The van der Waals surface area contributed by atoms with Crippen molar-refractivity contribution in [1.82, 2.24) is 24.7 Å². The molecule has 0 aliphatic heterocycles. The molecule has 0 atom stereocenters. The maximum Gasteiger partial charge on any atom is 0.400 e. The molecule has 194 valence electrons. The smallest absolute Gasteiger partial charge is 0.389 e. The largest absolute Gasteiger partial charge is 0.400 e. The number of urea groups is 1. The van der Waals surface area contributed by atoms with E-state index in [2.05, 4.69) is 30.7 Å². The van der Waals surface area contributed by atoms with Gasteiger partial charge in [0.15, 0.2) is 0 Å². The molecule has 0 unspecified atom stereocenters. The van der Waals surface area contributed by atoms with Gasteiger partial charge in [-0.25, -0.2) is 19.7 Å². The summed E-state index contributed by atoms with van der Waals surface area (Å²) in [6, 6.07) is 3.56. The molecule has 4 heterocycles. The number of amides is 2. The average molecular weight is 516 g/mol. The number of rotatable bonds is 6. The Balaban J connectivity index is 1.31. The number of nitrogen functional groups attached to an aromatic ring is 1. The molecule has 4 aromatic rings. The Labute approximate surface area is 207 Å². The first kappa shape index (κ1) is 24.5. The lowest BCUT2D eigenvalue weighted by molar-refractivity contribution is -0.161. The van der Waals surface area contributed by atoms with Crippen molar-refractivity contribution in [2.75, 3.05) is 16.4 Å². The molecular formula is C23H23F3N8O3. The standard InChI is InChI=1S/C23H23F3N8O3/c1-21(2,36)10-34-9-13(17-18(27)29-11-30-19(17)34)12-3-4-15(28-8-12)31-20(35)32-16-7-14(33-37-16)22(5-6-22)23(24,25)26/h3-4,7-9,11,36H,5-6,10H2,1-2H3,(H2,27,29,30)(H2,28,31,32,35). The lowest BCUT2D eigenvalue weighted by atomic mass is 10.0. The van der Waals surface area contributed by atoms with Crippen molar-refractivity contribution in [3.8, 4) is 11.1 Å². The highest BCUT2D eigenvalue weighted by molar-refractivity contribution is 6.01. The van der Waals surface area contributed by atoms with Gasteiger partial charge in [0.25, 0.3) is 0 Å². The van der Waals surface area contributed by atoms with Crippen molar-refractivity contribution in [3.63, 3.8) is 0 Å². The third kappa shape index (κ3) is 4.67. The summed E-state index contributed by atoms with van der Waals surface area (Å²) < 4.78 is 46.4. The number of hydrogen-bond donors (Lipinski definition) is 4. The van der Waals surface area contributed by atoms with Crippen LogP contribution in [-0.4, -0.2) is 47.6 Å². The summed E-state index contributed by atoms with van der Waals surface area (Å²) in [6.45, 7) is 3.62. The molecule has 37 heavy (non-hydrogen) atoms. The number of pyridine rings is 1. The van der Waals surface area contributed by atoms with E-state index in [-0.39, 0.29) is 42.6 Å². The number of anilines is 3. The van der Waals surface area contributed by atoms with E-state index in [0.717, 1.165) is 6.07 Å². The summed E-state index contributed by atoms with van der Waals surface area (Å²) in [5.74, 6) is 0.232. The van der Waals surface area contributed by atoms with E-state index in [4.69, 9.17) is 10.3 Å². The van der Waals surface area contributed by atoms with Gasteiger partial charge in [-0.2, -0.15) is 13.2 Å². The van der Waals surface area contributed by atoms with E-state index >= 15 is 0 Å². The van der Waals surface area contributed by atoms with E-state index in [9.17, 15) is 23.1 Å². The highest BCUT2D eigenvalue weighted by atomic mass is 19.4. The molecule has 1 aliphatic carbocycles. The highest BCUT2D eigenvalue weighted by Crippen LogP contribution is 2.58. The second kappa shape index (κ2) is 8.44. The summed E-state index contributed by atoms with van der Waals surface area (Å²) in [5, 5.41) is 19.2. The number of carbonyl (C=O) groups excluding carboxylic acids is 1. The summed E-state index contributed by atoms with van der Waals surface area (Å²) in [7, 11) is 0. The van der Waals surface area contributed by atoms with Crippen molar-refractivity contribution >= 4 is 34.6 Å². The SMILES string of the molecule is CC(C)(O)Cn1cc(-c2ccc(NC(=O)Nc3cc(C4(C(F)(F)F)CC4)no3)nc2)c2c(N)ncnc21. The zero-order valence-electron chi connectivity index (χ0n) is 19.8. The van der Waals surface area contributed by atoms with E-state index in [0.29, 0.717) is 22.2 Å². The number of nitrogens with two attached hydrogens (primary N) is 1. The fraction of sp³-hybridized carbons (Fsp3) is 0.348. The number of nitrogens with zero attached hydrogens (tertiary/aromatic N) is 5. The lowest BCUT2D eigenvalue weighted by Gasteiger charge is -2.18. The molecular weight excluding hydrogens is 493 g/mol.